The van der Waals surface area contributed by atoms with Crippen LogP contribution in [0.2, 0.25) is 0 Å². The lowest BCUT2D eigenvalue weighted by atomic mass is 9.85. The molecule has 0 amide bonds. The van der Waals surface area contributed by atoms with E-state index in [1.807, 2.05) is 31.3 Å². The van der Waals surface area contributed by atoms with Gasteiger partial charge in [-0.25, -0.2) is 0 Å². The van der Waals surface area contributed by atoms with Crippen LogP contribution in [0.3, 0.4) is 0 Å². The van der Waals surface area contributed by atoms with Crippen LogP contribution in [0, 0.1) is 11.3 Å². The second-order valence-electron chi connectivity index (χ2n) is 6.91. The van der Waals surface area contributed by atoms with E-state index in [9.17, 15) is 4.79 Å². The number of nitrogens with one attached hydrogen (secondary N) is 1. The summed E-state index contributed by atoms with van der Waals surface area (Å²) < 4.78 is 4.85. The van der Waals surface area contributed by atoms with E-state index < -0.39 is 0 Å². The summed E-state index contributed by atoms with van der Waals surface area (Å²) in [5.41, 5.74) is 7.87. The number of halogens is 1. The maximum atomic E-state index is 11.7. The lowest BCUT2D eigenvalue weighted by molar-refractivity contribution is -0.146. The second kappa shape index (κ2) is 9.50. The predicted molar refractivity (Wildman–Crippen MR) is 112 cm³/mol. The van der Waals surface area contributed by atoms with E-state index in [-0.39, 0.29) is 30.1 Å². The van der Waals surface area contributed by atoms with Crippen LogP contribution in [-0.4, -0.2) is 42.2 Å². The van der Waals surface area contributed by atoms with Gasteiger partial charge in [-0.05, 0) is 37.8 Å². The van der Waals surface area contributed by atoms with Crippen LogP contribution in [0.1, 0.15) is 31.2 Å². The van der Waals surface area contributed by atoms with Gasteiger partial charge in [0.25, 0.3) is 0 Å². The Labute approximate surface area is 171 Å². The molecule has 0 radical (unpaired) electrons. The lowest BCUT2D eigenvalue weighted by Gasteiger charge is -2.34. The third kappa shape index (κ3) is 4.78. The number of ether oxygens (including phenoxy) is 1. The molecule has 0 aliphatic heterocycles. The van der Waals surface area contributed by atoms with Gasteiger partial charge in [-0.3, -0.25) is 10.2 Å². The summed E-state index contributed by atoms with van der Waals surface area (Å²) in [6, 6.07) is 11.6. The Balaban J connectivity index is 0.00000280. The molecule has 150 valence electrons. The molecule has 8 heteroatoms. The number of hydrogen-bond acceptors (Lipinski definition) is 6. The van der Waals surface area contributed by atoms with Gasteiger partial charge in [0.1, 0.15) is 5.84 Å². The van der Waals surface area contributed by atoms with Crippen LogP contribution in [-0.2, 0) is 9.53 Å². The molecule has 1 aromatic heterocycles. The van der Waals surface area contributed by atoms with Crippen LogP contribution >= 0.6 is 12.4 Å². The molecule has 1 saturated carbocycles. The van der Waals surface area contributed by atoms with E-state index in [1.165, 1.54) is 7.11 Å². The van der Waals surface area contributed by atoms with Crippen LogP contribution in [0.4, 0.5) is 5.82 Å². The number of benzene rings is 1. The molecule has 1 aliphatic rings. The van der Waals surface area contributed by atoms with Crippen LogP contribution in [0.15, 0.2) is 36.4 Å². The van der Waals surface area contributed by atoms with Crippen molar-refractivity contribution in [2.24, 2.45) is 11.7 Å². The van der Waals surface area contributed by atoms with Gasteiger partial charge < -0.3 is 15.4 Å². The number of carbonyl (C=O) groups is 1. The van der Waals surface area contributed by atoms with Crippen molar-refractivity contribution in [2.75, 3.05) is 19.1 Å². The molecular formula is C20H26ClN5O2. The highest BCUT2D eigenvalue weighted by molar-refractivity contribution is 5.95. The molecule has 0 unspecified atom stereocenters. The number of esters is 1. The third-order valence-corrected chi connectivity index (χ3v) is 5.28. The summed E-state index contributed by atoms with van der Waals surface area (Å²) in [5.74, 6) is 0.786. The molecule has 28 heavy (non-hydrogen) atoms. The Morgan fingerprint density at radius 2 is 1.75 bits per heavy atom. The summed E-state index contributed by atoms with van der Waals surface area (Å²) >= 11 is 0. The fourth-order valence-electron chi connectivity index (χ4n) is 3.54. The van der Waals surface area contributed by atoms with E-state index in [4.69, 9.17) is 15.9 Å². The monoisotopic (exact) mass is 403 g/mol. The van der Waals surface area contributed by atoms with E-state index in [0.29, 0.717) is 11.6 Å². The van der Waals surface area contributed by atoms with Gasteiger partial charge in [-0.1, -0.05) is 24.3 Å². The van der Waals surface area contributed by atoms with Gasteiger partial charge in [0, 0.05) is 24.2 Å². The van der Waals surface area contributed by atoms with Crippen molar-refractivity contribution >= 4 is 30.0 Å². The summed E-state index contributed by atoms with van der Waals surface area (Å²) in [6.45, 7) is 0. The number of carbonyl (C=O) groups excluding carboxylic acids is 1. The quantitative estimate of drug-likeness (QED) is 0.451. The number of methoxy groups -OCH3 is 1. The van der Waals surface area contributed by atoms with E-state index in [0.717, 1.165) is 42.8 Å². The van der Waals surface area contributed by atoms with Gasteiger partial charge >= 0.3 is 5.97 Å². The predicted octanol–water partition coefficient (Wildman–Crippen LogP) is 3.02. The van der Waals surface area contributed by atoms with Gasteiger partial charge in [-0.2, -0.15) is 0 Å². The molecule has 0 spiro atoms. The van der Waals surface area contributed by atoms with Crippen molar-refractivity contribution in [3.8, 4) is 11.3 Å². The maximum absolute atomic E-state index is 11.7. The zero-order chi connectivity index (χ0) is 19.4. The first kappa shape index (κ1) is 21.6. The van der Waals surface area contributed by atoms with E-state index >= 15 is 0 Å². The Morgan fingerprint density at radius 1 is 1.11 bits per heavy atom. The molecule has 0 bridgehead atoms. The minimum Gasteiger partial charge on any atom is -0.469 e. The van der Waals surface area contributed by atoms with E-state index in [2.05, 4.69) is 15.1 Å². The van der Waals surface area contributed by atoms with Crippen LogP contribution < -0.4 is 10.6 Å². The maximum Gasteiger partial charge on any atom is 0.308 e. The molecule has 3 N–H and O–H groups in total. The number of nitrogens with two attached hydrogens (primary N) is 1. The van der Waals surface area contributed by atoms with Gasteiger partial charge in [0.05, 0.1) is 18.7 Å². The zero-order valence-electron chi connectivity index (χ0n) is 16.1. The minimum absolute atomic E-state index is 0. The number of nitrogens with zero attached hydrogens (tertiary/aromatic N) is 3. The molecule has 1 fully saturated rings. The molecule has 7 nitrogen and oxygen atoms in total. The van der Waals surface area contributed by atoms with Crippen molar-refractivity contribution in [1.29, 1.82) is 5.41 Å². The topological polar surface area (TPSA) is 105 Å². The van der Waals surface area contributed by atoms with Crippen molar-refractivity contribution in [3.05, 3.63) is 42.0 Å². The highest BCUT2D eigenvalue weighted by atomic mass is 35.5. The summed E-state index contributed by atoms with van der Waals surface area (Å²) in [4.78, 5) is 13.8. The van der Waals surface area contributed by atoms with Gasteiger partial charge in [0.2, 0.25) is 0 Å². The first-order valence-corrected chi connectivity index (χ1v) is 9.09. The molecule has 1 aromatic carbocycles. The lowest BCUT2D eigenvalue weighted by Crippen LogP contribution is -2.37. The van der Waals surface area contributed by atoms with Gasteiger partial charge in [-0.15, -0.1) is 22.6 Å². The number of anilines is 1. The van der Waals surface area contributed by atoms with Crippen molar-refractivity contribution in [1.82, 2.24) is 10.2 Å². The Kier molecular flexibility index (Phi) is 7.34. The fraction of sp³-hybridized carbons (Fsp3) is 0.400. The minimum atomic E-state index is -0.101. The summed E-state index contributed by atoms with van der Waals surface area (Å²) in [6.07, 6.45) is 3.56. The number of amidine groups is 1. The Bertz CT molecular complexity index is 802. The number of nitrogen functional groups attached to an aromatic ring is 1. The normalized spacial score (nSPS) is 18.6. The number of rotatable bonds is 5. The highest BCUT2D eigenvalue weighted by Crippen LogP contribution is 2.30. The molecule has 0 atom stereocenters. The Hall–Kier alpha value is -2.67. The molecule has 3 rings (SSSR count). The van der Waals surface area contributed by atoms with Crippen LogP contribution in [0.25, 0.3) is 11.3 Å². The first-order valence-electron chi connectivity index (χ1n) is 9.09. The molecule has 0 saturated heterocycles. The van der Waals surface area contributed by atoms with Crippen LogP contribution in [0.5, 0.6) is 0 Å². The largest absolute Gasteiger partial charge is 0.469 e. The third-order valence-electron chi connectivity index (χ3n) is 5.28. The fourth-order valence-corrected chi connectivity index (χ4v) is 3.54. The molecule has 2 aromatic rings. The second-order valence-corrected chi connectivity index (χ2v) is 6.91. The zero-order valence-corrected chi connectivity index (χ0v) is 16.9. The molecule has 1 aliphatic carbocycles. The SMILES string of the molecule is COC(=O)[C@H]1CC[C@H](N(C)c2ccc(-c3ccc(C(=N)N)cc3)nn2)CC1.Cl. The molecule has 1 heterocycles. The first-order chi connectivity index (χ1) is 13.0. The average Bonchev–Trinajstić information content (AvgIpc) is 2.73. The van der Waals surface area contributed by atoms with Crippen molar-refractivity contribution < 1.29 is 9.53 Å². The van der Waals surface area contributed by atoms with Crippen molar-refractivity contribution in [3.63, 3.8) is 0 Å². The average molecular weight is 404 g/mol. The smallest absolute Gasteiger partial charge is 0.308 e. The molecular weight excluding hydrogens is 378 g/mol. The van der Waals surface area contributed by atoms with Gasteiger partial charge in [0.15, 0.2) is 5.82 Å². The van der Waals surface area contributed by atoms with Crippen molar-refractivity contribution in [2.45, 2.75) is 31.7 Å². The number of hydrogen-bond donors (Lipinski definition) is 2. The number of aromatic nitrogens is 2. The van der Waals surface area contributed by atoms with E-state index in [1.54, 1.807) is 12.1 Å². The summed E-state index contributed by atoms with van der Waals surface area (Å²) in [7, 11) is 3.47. The standard InChI is InChI=1S/C20H25N5O2.ClH/c1-25(16-9-7-15(8-10-16)20(26)27-2)18-12-11-17(23-24-18)13-3-5-14(6-4-13)19(21)22;/h3-6,11-12,15-16H,7-10H2,1-2H3,(H3,21,22);1H/t15-,16-;. The Morgan fingerprint density at radius 3 is 2.25 bits per heavy atom. The summed E-state index contributed by atoms with van der Waals surface area (Å²) in [5, 5.41) is 16.2. The highest BCUT2D eigenvalue weighted by Gasteiger charge is 2.29.